The number of hydrogen-bond donors (Lipinski definition) is 1. The van der Waals surface area contributed by atoms with Crippen LogP contribution in [0.2, 0.25) is 0 Å². The number of aryl methyl sites for hydroxylation is 1. The molecule has 0 amide bonds. The molecule has 2 aromatic rings. The Kier molecular flexibility index (Phi) is 4.36. The SMILES string of the molecule is Cc1cnn(C[C@@H]2CCCN2C[C@@H](O)c2ccccc2)c1. The lowest BCUT2D eigenvalue weighted by Gasteiger charge is -2.27. The minimum absolute atomic E-state index is 0.411. The van der Waals surface area contributed by atoms with Gasteiger partial charge in [-0.1, -0.05) is 30.3 Å². The normalized spacial score (nSPS) is 20.8. The molecule has 4 nitrogen and oxygen atoms in total. The minimum Gasteiger partial charge on any atom is -0.387 e. The molecule has 1 N–H and O–H groups in total. The lowest BCUT2D eigenvalue weighted by molar-refractivity contribution is 0.100. The fourth-order valence-electron chi connectivity index (χ4n) is 3.13. The zero-order valence-corrected chi connectivity index (χ0v) is 12.5. The van der Waals surface area contributed by atoms with Gasteiger partial charge in [-0.2, -0.15) is 5.10 Å². The van der Waals surface area contributed by atoms with Gasteiger partial charge in [0.1, 0.15) is 0 Å². The summed E-state index contributed by atoms with van der Waals surface area (Å²) < 4.78 is 2.02. The van der Waals surface area contributed by atoms with Crippen LogP contribution in [-0.4, -0.2) is 38.9 Å². The molecule has 2 atom stereocenters. The zero-order chi connectivity index (χ0) is 14.7. The highest BCUT2D eigenvalue weighted by Crippen LogP contribution is 2.23. The van der Waals surface area contributed by atoms with Gasteiger partial charge >= 0.3 is 0 Å². The van der Waals surface area contributed by atoms with Gasteiger partial charge in [-0.25, -0.2) is 0 Å². The van der Waals surface area contributed by atoms with Gasteiger partial charge in [-0.05, 0) is 37.4 Å². The third-order valence-corrected chi connectivity index (χ3v) is 4.25. The Morgan fingerprint density at radius 2 is 2.14 bits per heavy atom. The molecule has 4 heteroatoms. The Bertz CT molecular complexity index is 566. The average molecular weight is 285 g/mol. The Labute approximate surface area is 126 Å². The Morgan fingerprint density at radius 3 is 2.86 bits per heavy atom. The van der Waals surface area contributed by atoms with Crippen LogP contribution >= 0.6 is 0 Å². The second-order valence-electron chi connectivity index (χ2n) is 5.96. The van der Waals surface area contributed by atoms with Crippen LogP contribution in [0.15, 0.2) is 42.7 Å². The number of aliphatic hydroxyl groups is 1. The van der Waals surface area contributed by atoms with Crippen LogP contribution in [0.5, 0.6) is 0 Å². The van der Waals surface area contributed by atoms with Crippen LogP contribution in [0.25, 0.3) is 0 Å². The largest absolute Gasteiger partial charge is 0.387 e. The molecule has 21 heavy (non-hydrogen) atoms. The zero-order valence-electron chi connectivity index (χ0n) is 12.5. The quantitative estimate of drug-likeness (QED) is 0.917. The first-order valence-electron chi connectivity index (χ1n) is 7.68. The monoisotopic (exact) mass is 285 g/mol. The molecule has 3 rings (SSSR count). The van der Waals surface area contributed by atoms with Gasteiger partial charge in [0, 0.05) is 18.8 Å². The molecular formula is C17H23N3O. The maximum atomic E-state index is 10.4. The lowest BCUT2D eigenvalue weighted by Crippen LogP contribution is -2.36. The van der Waals surface area contributed by atoms with Crippen molar-refractivity contribution in [3.8, 4) is 0 Å². The van der Waals surface area contributed by atoms with Crippen molar-refractivity contribution in [1.29, 1.82) is 0 Å². The van der Waals surface area contributed by atoms with E-state index in [0.29, 0.717) is 12.6 Å². The summed E-state index contributed by atoms with van der Waals surface area (Å²) in [5.74, 6) is 0. The molecule has 1 aromatic carbocycles. The van der Waals surface area contributed by atoms with Crippen molar-refractivity contribution in [3.05, 3.63) is 53.9 Å². The number of likely N-dealkylation sites (tertiary alicyclic amines) is 1. The summed E-state index contributed by atoms with van der Waals surface area (Å²) >= 11 is 0. The van der Waals surface area contributed by atoms with E-state index >= 15 is 0 Å². The minimum atomic E-state index is -0.411. The van der Waals surface area contributed by atoms with Crippen molar-refractivity contribution < 1.29 is 5.11 Å². The molecule has 1 saturated heterocycles. The van der Waals surface area contributed by atoms with E-state index in [1.165, 1.54) is 18.4 Å². The van der Waals surface area contributed by atoms with E-state index in [1.54, 1.807) is 0 Å². The van der Waals surface area contributed by atoms with Crippen LogP contribution in [-0.2, 0) is 6.54 Å². The van der Waals surface area contributed by atoms with Gasteiger partial charge < -0.3 is 5.11 Å². The summed E-state index contributed by atoms with van der Waals surface area (Å²) in [4.78, 5) is 2.40. The van der Waals surface area contributed by atoms with Crippen molar-refractivity contribution in [2.45, 2.75) is 38.5 Å². The first-order valence-corrected chi connectivity index (χ1v) is 7.68. The molecule has 1 aromatic heterocycles. The van der Waals surface area contributed by atoms with E-state index in [-0.39, 0.29) is 0 Å². The molecule has 2 heterocycles. The Balaban J connectivity index is 1.61. The predicted octanol–water partition coefficient (Wildman–Crippen LogP) is 2.39. The summed E-state index contributed by atoms with van der Waals surface area (Å²) in [5, 5.41) is 14.8. The van der Waals surface area contributed by atoms with E-state index in [2.05, 4.69) is 23.1 Å². The highest BCUT2D eigenvalue weighted by atomic mass is 16.3. The molecule has 0 aliphatic carbocycles. The highest BCUT2D eigenvalue weighted by Gasteiger charge is 2.27. The Hall–Kier alpha value is -1.65. The standard InChI is InChI=1S/C17H23N3O/c1-14-10-18-20(11-14)12-16-8-5-9-19(16)13-17(21)15-6-3-2-4-7-15/h2-4,6-7,10-11,16-17,21H,5,8-9,12-13H2,1H3/t16-,17+/m0/s1. The maximum Gasteiger partial charge on any atom is 0.0917 e. The summed E-state index contributed by atoms with van der Waals surface area (Å²) in [6.45, 7) is 4.74. The molecule has 1 aliphatic heterocycles. The second-order valence-corrected chi connectivity index (χ2v) is 5.96. The third kappa shape index (κ3) is 3.52. The van der Waals surface area contributed by atoms with Crippen LogP contribution in [0.4, 0.5) is 0 Å². The predicted molar refractivity (Wildman–Crippen MR) is 83.0 cm³/mol. The summed E-state index contributed by atoms with van der Waals surface area (Å²) in [5.41, 5.74) is 2.20. The van der Waals surface area contributed by atoms with Crippen molar-refractivity contribution in [3.63, 3.8) is 0 Å². The van der Waals surface area contributed by atoms with Crippen molar-refractivity contribution >= 4 is 0 Å². The smallest absolute Gasteiger partial charge is 0.0917 e. The van der Waals surface area contributed by atoms with Gasteiger partial charge in [0.05, 0.1) is 18.8 Å². The summed E-state index contributed by atoms with van der Waals surface area (Å²) in [6.07, 6.45) is 5.96. The third-order valence-electron chi connectivity index (χ3n) is 4.25. The van der Waals surface area contributed by atoms with E-state index < -0.39 is 6.10 Å². The van der Waals surface area contributed by atoms with E-state index in [4.69, 9.17) is 0 Å². The molecule has 112 valence electrons. The van der Waals surface area contributed by atoms with Gasteiger partial charge in [-0.3, -0.25) is 9.58 Å². The van der Waals surface area contributed by atoms with Gasteiger partial charge in [0.25, 0.3) is 0 Å². The van der Waals surface area contributed by atoms with Gasteiger partial charge in [0.15, 0.2) is 0 Å². The molecule has 0 radical (unpaired) electrons. The maximum absolute atomic E-state index is 10.4. The second kappa shape index (κ2) is 6.41. The number of β-amino-alcohol motifs (C(OH)–C–C–N with tert-alkyl or cyclic N) is 1. The fraction of sp³-hybridized carbons (Fsp3) is 0.471. The average Bonchev–Trinajstić information content (AvgIpc) is 3.10. The number of benzene rings is 1. The number of nitrogens with zero attached hydrogens (tertiary/aromatic N) is 3. The summed E-state index contributed by atoms with van der Waals surface area (Å²) in [6, 6.07) is 10.4. The number of aliphatic hydroxyl groups excluding tert-OH is 1. The lowest BCUT2D eigenvalue weighted by atomic mass is 10.1. The Morgan fingerprint density at radius 1 is 1.33 bits per heavy atom. The first kappa shape index (κ1) is 14.3. The van der Waals surface area contributed by atoms with Crippen molar-refractivity contribution in [2.24, 2.45) is 0 Å². The topological polar surface area (TPSA) is 41.3 Å². The molecule has 0 unspecified atom stereocenters. The van der Waals surface area contributed by atoms with Gasteiger partial charge in [-0.15, -0.1) is 0 Å². The fourth-order valence-corrected chi connectivity index (χ4v) is 3.13. The highest BCUT2D eigenvalue weighted by molar-refractivity contribution is 5.17. The van der Waals surface area contributed by atoms with Crippen LogP contribution in [0.3, 0.4) is 0 Å². The van der Waals surface area contributed by atoms with Crippen molar-refractivity contribution in [2.75, 3.05) is 13.1 Å². The molecule has 1 fully saturated rings. The molecule has 0 spiro atoms. The molecular weight excluding hydrogens is 262 g/mol. The van der Waals surface area contributed by atoms with E-state index in [0.717, 1.165) is 18.7 Å². The first-order chi connectivity index (χ1) is 10.2. The van der Waals surface area contributed by atoms with Gasteiger partial charge in [0.2, 0.25) is 0 Å². The van der Waals surface area contributed by atoms with Crippen LogP contribution < -0.4 is 0 Å². The van der Waals surface area contributed by atoms with E-state index in [9.17, 15) is 5.11 Å². The number of rotatable bonds is 5. The van der Waals surface area contributed by atoms with E-state index in [1.807, 2.05) is 41.2 Å². The van der Waals surface area contributed by atoms with Crippen LogP contribution in [0, 0.1) is 6.92 Å². The molecule has 0 bridgehead atoms. The summed E-state index contributed by atoms with van der Waals surface area (Å²) in [7, 11) is 0. The molecule has 0 saturated carbocycles. The number of hydrogen-bond acceptors (Lipinski definition) is 3. The van der Waals surface area contributed by atoms with Crippen LogP contribution in [0.1, 0.15) is 30.1 Å². The number of aromatic nitrogens is 2. The van der Waals surface area contributed by atoms with Crippen molar-refractivity contribution in [1.82, 2.24) is 14.7 Å². The molecule has 1 aliphatic rings.